The Morgan fingerprint density at radius 1 is 0.923 bits per heavy atom. The van der Waals surface area contributed by atoms with Gasteiger partial charge in [0.2, 0.25) is 0 Å². The molecule has 3 rings (SSSR count). The molecule has 0 amide bonds. The van der Waals surface area contributed by atoms with Gasteiger partial charge in [0, 0.05) is 21.8 Å². The lowest BCUT2D eigenvalue weighted by Gasteiger charge is -2.28. The molecular formula is C25H29N. The van der Waals surface area contributed by atoms with Crippen LogP contribution < -0.4 is 10.7 Å². The van der Waals surface area contributed by atoms with Crippen molar-refractivity contribution in [2.75, 3.05) is 0 Å². The molecule has 1 heterocycles. The molecule has 2 aromatic rings. The van der Waals surface area contributed by atoms with Gasteiger partial charge in [-0.3, -0.25) is 0 Å². The molecule has 1 aliphatic carbocycles. The third kappa shape index (κ3) is 2.72. The van der Waals surface area contributed by atoms with E-state index >= 15 is 0 Å². The second-order valence-corrected chi connectivity index (χ2v) is 8.11. The molecular weight excluding hydrogens is 314 g/mol. The monoisotopic (exact) mass is 343 g/mol. The Morgan fingerprint density at radius 2 is 1.50 bits per heavy atom. The maximum absolute atomic E-state index is 4.10. The summed E-state index contributed by atoms with van der Waals surface area (Å²) in [6, 6.07) is 12.9. The third-order valence-electron chi connectivity index (χ3n) is 5.79. The van der Waals surface area contributed by atoms with E-state index in [1.165, 1.54) is 16.7 Å². The first-order valence-electron chi connectivity index (χ1n) is 9.21. The normalized spacial score (nSPS) is 25.1. The number of hydrogen-bond donors (Lipinski definition) is 0. The molecule has 0 bridgehead atoms. The Bertz CT molecular complexity index is 968. The van der Waals surface area contributed by atoms with Gasteiger partial charge in [-0.25, -0.2) is 0 Å². The van der Waals surface area contributed by atoms with E-state index in [1.54, 1.807) is 0 Å². The molecule has 0 saturated heterocycles. The molecule has 1 aromatic heterocycles. The highest BCUT2D eigenvalue weighted by atomic mass is 15.0. The lowest BCUT2D eigenvalue weighted by molar-refractivity contribution is 0.388. The highest BCUT2D eigenvalue weighted by Gasteiger charge is 2.47. The number of hydrogen-bond acceptors (Lipinski definition) is 0. The summed E-state index contributed by atoms with van der Waals surface area (Å²) >= 11 is 0. The standard InChI is InChI=1S/C25H29N/c1-8-10-23-22(9-2)25(7,17-24(23,5)6)20-13-15-21(16-14-20)26-18(3)11-12-19(26)4/h8-16H,1,3-4,17H2,2,5-7H3/b22-9+,23-10+. The van der Waals surface area contributed by atoms with Gasteiger partial charge in [-0.15, -0.1) is 0 Å². The zero-order valence-corrected chi connectivity index (χ0v) is 16.5. The predicted molar refractivity (Wildman–Crippen MR) is 114 cm³/mol. The van der Waals surface area contributed by atoms with Gasteiger partial charge >= 0.3 is 0 Å². The summed E-state index contributed by atoms with van der Waals surface area (Å²) in [6.07, 6.45) is 7.45. The minimum absolute atomic E-state index is 0.00288. The van der Waals surface area contributed by atoms with E-state index in [2.05, 4.69) is 88.4 Å². The topological polar surface area (TPSA) is 4.93 Å². The number of aromatic nitrogens is 1. The van der Waals surface area contributed by atoms with Crippen LogP contribution in [-0.2, 0) is 5.41 Å². The zero-order chi connectivity index (χ0) is 19.1. The molecule has 0 radical (unpaired) electrons. The van der Waals surface area contributed by atoms with E-state index in [0.29, 0.717) is 0 Å². The largest absolute Gasteiger partial charge is 0.312 e. The molecule has 0 spiro atoms. The molecule has 1 nitrogen and oxygen atoms in total. The van der Waals surface area contributed by atoms with Gasteiger partial charge in [0.15, 0.2) is 0 Å². The van der Waals surface area contributed by atoms with Crippen LogP contribution in [0, 0.1) is 5.41 Å². The fraction of sp³-hybridized carbons (Fsp3) is 0.280. The summed E-state index contributed by atoms with van der Waals surface area (Å²) in [5.74, 6) is 0. The van der Waals surface area contributed by atoms with Crippen molar-refractivity contribution in [2.45, 2.75) is 39.5 Å². The molecule has 26 heavy (non-hydrogen) atoms. The first-order chi connectivity index (χ1) is 12.2. The predicted octanol–water partition coefficient (Wildman–Crippen LogP) is 5.04. The minimum atomic E-state index is 0.00288. The summed E-state index contributed by atoms with van der Waals surface area (Å²) in [5.41, 5.74) is 5.39. The van der Waals surface area contributed by atoms with Gasteiger partial charge in [0.1, 0.15) is 0 Å². The highest BCUT2D eigenvalue weighted by molar-refractivity contribution is 5.55. The quantitative estimate of drug-likeness (QED) is 0.735. The van der Waals surface area contributed by atoms with E-state index in [0.717, 1.165) is 22.8 Å². The van der Waals surface area contributed by atoms with E-state index in [9.17, 15) is 0 Å². The minimum Gasteiger partial charge on any atom is -0.312 e. The van der Waals surface area contributed by atoms with Gasteiger partial charge in [-0.05, 0) is 59.7 Å². The summed E-state index contributed by atoms with van der Waals surface area (Å²) in [5, 5.41) is 1.92. The summed E-state index contributed by atoms with van der Waals surface area (Å²) in [4.78, 5) is 0. The first kappa shape index (κ1) is 18.3. The SMILES string of the molecule is C=C/C=C1\C(=C/C)C(C)(c2ccc(-n3c(=C)ccc3=C)cc2)CC1(C)C. The fourth-order valence-corrected chi connectivity index (χ4v) is 4.74. The second kappa shape index (κ2) is 6.32. The lowest BCUT2D eigenvalue weighted by atomic mass is 9.76. The van der Waals surface area contributed by atoms with Gasteiger partial charge in [0.05, 0.1) is 0 Å². The molecule has 1 unspecified atom stereocenters. The Labute approximate surface area is 157 Å². The number of benzene rings is 1. The lowest BCUT2D eigenvalue weighted by Crippen LogP contribution is -2.24. The van der Waals surface area contributed by atoms with E-state index in [-0.39, 0.29) is 10.8 Å². The van der Waals surface area contributed by atoms with Gasteiger partial charge < -0.3 is 4.57 Å². The maximum Gasteiger partial charge on any atom is 0.0461 e. The summed E-state index contributed by atoms with van der Waals surface area (Å²) < 4.78 is 2.09. The van der Waals surface area contributed by atoms with Crippen LogP contribution >= 0.6 is 0 Å². The average molecular weight is 344 g/mol. The smallest absolute Gasteiger partial charge is 0.0461 e. The molecule has 1 aromatic carbocycles. The van der Waals surface area contributed by atoms with Crippen molar-refractivity contribution < 1.29 is 0 Å². The maximum atomic E-state index is 4.10. The number of allylic oxidation sites excluding steroid dienone is 5. The molecule has 0 N–H and O–H groups in total. The second-order valence-electron chi connectivity index (χ2n) is 8.11. The van der Waals surface area contributed by atoms with Gasteiger partial charge in [0.25, 0.3) is 0 Å². The van der Waals surface area contributed by atoms with Crippen LogP contribution in [0.4, 0.5) is 0 Å². The van der Waals surface area contributed by atoms with Crippen LogP contribution in [-0.4, -0.2) is 4.57 Å². The van der Waals surface area contributed by atoms with Gasteiger partial charge in [-0.1, -0.05) is 70.9 Å². The molecule has 1 heteroatoms. The summed E-state index contributed by atoms with van der Waals surface area (Å²) in [6.45, 7) is 21.3. The average Bonchev–Trinajstić information content (AvgIpc) is 3.02. The third-order valence-corrected chi connectivity index (χ3v) is 5.79. The van der Waals surface area contributed by atoms with Crippen LogP contribution in [0.15, 0.2) is 72.4 Å². The Morgan fingerprint density at radius 3 is 2.00 bits per heavy atom. The Balaban J connectivity index is 2.09. The Hall–Kier alpha value is -2.54. The van der Waals surface area contributed by atoms with Crippen molar-refractivity contribution in [2.24, 2.45) is 5.41 Å². The van der Waals surface area contributed by atoms with Crippen LogP contribution in [0.25, 0.3) is 18.8 Å². The van der Waals surface area contributed by atoms with Crippen molar-refractivity contribution in [3.05, 3.63) is 88.6 Å². The van der Waals surface area contributed by atoms with Crippen molar-refractivity contribution >= 4 is 13.2 Å². The molecule has 1 saturated carbocycles. The van der Waals surface area contributed by atoms with E-state index in [4.69, 9.17) is 0 Å². The molecule has 0 aliphatic heterocycles. The summed E-state index contributed by atoms with van der Waals surface area (Å²) in [7, 11) is 0. The van der Waals surface area contributed by atoms with Crippen LogP contribution in [0.2, 0.25) is 0 Å². The van der Waals surface area contributed by atoms with Crippen LogP contribution in [0.5, 0.6) is 0 Å². The highest BCUT2D eigenvalue weighted by Crippen LogP contribution is 2.57. The van der Waals surface area contributed by atoms with Gasteiger partial charge in [-0.2, -0.15) is 0 Å². The van der Waals surface area contributed by atoms with Crippen molar-refractivity contribution in [3.63, 3.8) is 0 Å². The van der Waals surface area contributed by atoms with Crippen molar-refractivity contribution in [3.8, 4) is 5.69 Å². The van der Waals surface area contributed by atoms with Crippen LogP contribution in [0.1, 0.15) is 39.7 Å². The van der Waals surface area contributed by atoms with E-state index in [1.807, 2.05) is 18.2 Å². The van der Waals surface area contributed by atoms with E-state index < -0.39 is 0 Å². The zero-order valence-electron chi connectivity index (χ0n) is 16.5. The number of nitrogens with zero attached hydrogens (tertiary/aromatic N) is 1. The van der Waals surface area contributed by atoms with Crippen molar-refractivity contribution in [1.29, 1.82) is 0 Å². The molecule has 1 aliphatic rings. The first-order valence-corrected chi connectivity index (χ1v) is 9.21. The van der Waals surface area contributed by atoms with Crippen molar-refractivity contribution in [1.82, 2.24) is 4.57 Å². The molecule has 134 valence electrons. The number of rotatable bonds is 3. The molecule has 1 fully saturated rings. The fourth-order valence-electron chi connectivity index (χ4n) is 4.74. The van der Waals surface area contributed by atoms with Crippen LogP contribution in [0.3, 0.4) is 0 Å². The molecule has 1 atom stereocenters. The Kier molecular flexibility index (Phi) is 4.44.